The van der Waals surface area contributed by atoms with E-state index in [1.807, 2.05) is 6.08 Å². The second-order valence-corrected chi connectivity index (χ2v) is 8.34. The average molecular weight is 328 g/mol. The van der Waals surface area contributed by atoms with Gasteiger partial charge in [-0.3, -0.25) is 4.79 Å². The Morgan fingerprint density at radius 1 is 1.29 bits per heavy atom. The summed E-state index contributed by atoms with van der Waals surface area (Å²) in [4.78, 5) is 11.8. The summed E-state index contributed by atoms with van der Waals surface area (Å²) >= 11 is 0. The van der Waals surface area contributed by atoms with Crippen LogP contribution in [0.5, 0.6) is 0 Å². The first kappa shape index (κ1) is 16.3. The molecule has 0 aliphatic heterocycles. The molecule has 0 aromatic heterocycles. The first-order valence-electron chi connectivity index (χ1n) is 9.46. The molecule has 24 heavy (non-hydrogen) atoms. The van der Waals surface area contributed by atoms with Crippen LogP contribution >= 0.6 is 0 Å². The third-order valence-electron chi connectivity index (χ3n) is 7.30. The highest BCUT2D eigenvalue weighted by atomic mass is 16.3. The van der Waals surface area contributed by atoms with E-state index in [2.05, 4.69) is 13.0 Å². The molecule has 130 valence electrons. The minimum Gasteiger partial charge on any atom is -0.392 e. The van der Waals surface area contributed by atoms with Crippen molar-refractivity contribution in [2.45, 2.75) is 58.0 Å². The van der Waals surface area contributed by atoms with Crippen LogP contribution in [0.3, 0.4) is 0 Å². The lowest BCUT2D eigenvalue weighted by molar-refractivity contribution is -0.114. The van der Waals surface area contributed by atoms with Gasteiger partial charge in [0.15, 0.2) is 5.78 Å². The molecule has 5 atom stereocenters. The predicted molar refractivity (Wildman–Crippen MR) is 93.2 cm³/mol. The summed E-state index contributed by atoms with van der Waals surface area (Å²) in [6.07, 6.45) is 12.2. The topological polar surface area (TPSA) is 57.5 Å². The first-order chi connectivity index (χ1) is 11.5. The summed E-state index contributed by atoms with van der Waals surface area (Å²) in [6.45, 7) is 2.50. The lowest BCUT2D eigenvalue weighted by Crippen LogP contribution is -2.45. The summed E-state index contributed by atoms with van der Waals surface area (Å²) < 4.78 is 0. The van der Waals surface area contributed by atoms with Crippen molar-refractivity contribution in [2.75, 3.05) is 6.61 Å². The quantitative estimate of drug-likeness (QED) is 0.765. The molecule has 2 fully saturated rings. The fraction of sp³-hybridized carbons (Fsp3) is 0.667. The Kier molecular flexibility index (Phi) is 4.04. The molecule has 3 nitrogen and oxygen atoms in total. The lowest BCUT2D eigenvalue weighted by Gasteiger charge is -2.50. The molecule has 0 radical (unpaired) electrons. The van der Waals surface area contributed by atoms with E-state index in [4.69, 9.17) is 5.11 Å². The molecule has 4 aliphatic carbocycles. The summed E-state index contributed by atoms with van der Waals surface area (Å²) in [6, 6.07) is 0. The monoisotopic (exact) mass is 328 g/mol. The smallest absolute Gasteiger partial charge is 0.156 e. The molecular formula is C21H28O3. The van der Waals surface area contributed by atoms with Crippen molar-refractivity contribution in [3.63, 3.8) is 0 Å². The van der Waals surface area contributed by atoms with Crippen molar-refractivity contribution >= 4 is 5.78 Å². The molecule has 2 N–H and O–H groups in total. The lowest BCUT2D eigenvalue weighted by atomic mass is 9.55. The molecule has 0 spiro atoms. The minimum atomic E-state index is -0.342. The maximum absolute atomic E-state index is 11.8. The van der Waals surface area contributed by atoms with Crippen LogP contribution in [-0.4, -0.2) is 28.7 Å². The SMILES string of the molecule is C[C@]12CCC3=C4CCC(=O)C=C4C[C@H](O)[C@H]3[C@@H]1CC[C@H]2/C=C\CO. The first-order valence-corrected chi connectivity index (χ1v) is 9.46. The molecule has 0 aromatic carbocycles. The van der Waals surface area contributed by atoms with Gasteiger partial charge in [0.1, 0.15) is 0 Å². The molecular weight excluding hydrogens is 300 g/mol. The number of hydrogen-bond acceptors (Lipinski definition) is 3. The van der Waals surface area contributed by atoms with Crippen molar-refractivity contribution in [3.05, 3.63) is 34.9 Å². The third-order valence-corrected chi connectivity index (χ3v) is 7.30. The van der Waals surface area contributed by atoms with Gasteiger partial charge in [-0.15, -0.1) is 0 Å². The van der Waals surface area contributed by atoms with Gasteiger partial charge >= 0.3 is 0 Å². The van der Waals surface area contributed by atoms with E-state index in [-0.39, 0.29) is 29.8 Å². The molecule has 4 aliphatic rings. The van der Waals surface area contributed by atoms with Gasteiger partial charge in [0.05, 0.1) is 12.7 Å². The van der Waals surface area contributed by atoms with E-state index in [9.17, 15) is 9.90 Å². The number of carbonyl (C=O) groups excluding carboxylic acids is 1. The van der Waals surface area contributed by atoms with Gasteiger partial charge in [0.25, 0.3) is 0 Å². The highest BCUT2D eigenvalue weighted by Crippen LogP contribution is 2.62. The van der Waals surface area contributed by atoms with E-state index in [1.165, 1.54) is 11.1 Å². The number of fused-ring (bicyclic) bond motifs is 4. The van der Waals surface area contributed by atoms with Crippen molar-refractivity contribution in [1.82, 2.24) is 0 Å². The number of aliphatic hydroxyl groups is 2. The van der Waals surface area contributed by atoms with Gasteiger partial charge < -0.3 is 10.2 Å². The van der Waals surface area contributed by atoms with Crippen LogP contribution in [0, 0.1) is 23.2 Å². The zero-order chi connectivity index (χ0) is 16.9. The Balaban J connectivity index is 1.70. The van der Waals surface area contributed by atoms with E-state index < -0.39 is 0 Å². The number of aliphatic hydroxyl groups excluding tert-OH is 2. The highest BCUT2D eigenvalue weighted by Gasteiger charge is 2.54. The number of hydrogen-bond donors (Lipinski definition) is 2. The largest absolute Gasteiger partial charge is 0.392 e. The number of ketones is 1. The zero-order valence-corrected chi connectivity index (χ0v) is 14.5. The van der Waals surface area contributed by atoms with E-state index in [1.54, 1.807) is 6.08 Å². The fourth-order valence-electron chi connectivity index (χ4n) is 6.12. The molecule has 2 saturated carbocycles. The molecule has 0 amide bonds. The Labute approximate surface area is 144 Å². The van der Waals surface area contributed by atoms with Crippen LogP contribution in [0.1, 0.15) is 51.9 Å². The number of rotatable bonds is 2. The normalized spacial score (nSPS) is 42.0. The van der Waals surface area contributed by atoms with Gasteiger partial charge in [-0.2, -0.15) is 0 Å². The van der Waals surface area contributed by atoms with E-state index in [0.29, 0.717) is 24.7 Å². The molecule has 3 heteroatoms. The van der Waals surface area contributed by atoms with Crippen LogP contribution in [-0.2, 0) is 4.79 Å². The zero-order valence-electron chi connectivity index (χ0n) is 14.5. The Morgan fingerprint density at radius 2 is 2.12 bits per heavy atom. The molecule has 0 unspecified atom stereocenters. The van der Waals surface area contributed by atoms with Gasteiger partial charge in [-0.1, -0.05) is 24.6 Å². The van der Waals surface area contributed by atoms with Crippen LogP contribution < -0.4 is 0 Å². The number of carbonyl (C=O) groups is 1. The van der Waals surface area contributed by atoms with Crippen LogP contribution in [0.25, 0.3) is 0 Å². The van der Waals surface area contributed by atoms with Crippen molar-refractivity contribution in [1.29, 1.82) is 0 Å². The van der Waals surface area contributed by atoms with Crippen molar-refractivity contribution in [3.8, 4) is 0 Å². The summed E-state index contributed by atoms with van der Waals surface area (Å²) in [5.74, 6) is 1.53. The van der Waals surface area contributed by atoms with Gasteiger partial charge in [0, 0.05) is 12.3 Å². The molecule has 0 saturated heterocycles. The second kappa shape index (κ2) is 5.96. The van der Waals surface area contributed by atoms with Gasteiger partial charge in [-0.05, 0) is 73.0 Å². The van der Waals surface area contributed by atoms with E-state index >= 15 is 0 Å². The minimum absolute atomic E-state index is 0.112. The third kappa shape index (κ3) is 2.36. The second-order valence-electron chi connectivity index (χ2n) is 8.34. The van der Waals surface area contributed by atoms with Crippen LogP contribution in [0.15, 0.2) is 34.9 Å². The molecule has 0 aromatic rings. The van der Waals surface area contributed by atoms with Gasteiger partial charge in [-0.25, -0.2) is 0 Å². The van der Waals surface area contributed by atoms with Gasteiger partial charge in [0.2, 0.25) is 0 Å². The highest BCUT2D eigenvalue weighted by molar-refractivity contribution is 5.93. The molecule has 0 bridgehead atoms. The maximum atomic E-state index is 11.8. The maximum Gasteiger partial charge on any atom is 0.156 e. The fourth-order valence-corrected chi connectivity index (χ4v) is 6.12. The Bertz CT molecular complexity index is 641. The van der Waals surface area contributed by atoms with Crippen molar-refractivity contribution < 1.29 is 15.0 Å². The summed E-state index contributed by atoms with van der Waals surface area (Å²) in [7, 11) is 0. The number of allylic oxidation sites excluding steroid dienone is 3. The summed E-state index contributed by atoms with van der Waals surface area (Å²) in [5, 5.41) is 20.0. The Hall–Kier alpha value is -1.19. The van der Waals surface area contributed by atoms with Crippen LogP contribution in [0.2, 0.25) is 0 Å². The molecule has 4 rings (SSSR count). The van der Waals surface area contributed by atoms with E-state index in [0.717, 1.165) is 37.7 Å². The predicted octanol–water partition coefficient (Wildman–Crippen LogP) is 3.33. The van der Waals surface area contributed by atoms with Crippen molar-refractivity contribution in [2.24, 2.45) is 23.2 Å². The summed E-state index contributed by atoms with van der Waals surface area (Å²) in [5.41, 5.74) is 4.21. The average Bonchev–Trinajstić information content (AvgIpc) is 2.88. The standard InChI is InChI=1S/C21H28O3/c1-21-9-8-17-16-6-5-15(23)11-13(16)12-19(24)20(17)18(21)7-4-14(21)3-2-10-22/h2-3,11,14,18-20,22,24H,4-10,12H2,1H3/b3-2-/t14-,18+,19+,20-,21-/m1/s1. The molecule has 0 heterocycles. The Morgan fingerprint density at radius 3 is 2.92 bits per heavy atom. The van der Waals surface area contributed by atoms with Crippen LogP contribution in [0.4, 0.5) is 0 Å².